The van der Waals surface area contributed by atoms with Gasteiger partial charge in [-0.25, -0.2) is 0 Å². The van der Waals surface area contributed by atoms with Crippen molar-refractivity contribution in [3.63, 3.8) is 0 Å². The number of rotatable bonds is 3. The molecule has 1 aliphatic heterocycles. The first-order valence-corrected chi connectivity index (χ1v) is 8.18. The predicted octanol–water partition coefficient (Wildman–Crippen LogP) is 2.35. The lowest BCUT2D eigenvalue weighted by molar-refractivity contribution is -0.121. The third-order valence-electron chi connectivity index (χ3n) is 5.17. The number of nitrogens with one attached hydrogen (secondary N) is 2. The van der Waals surface area contributed by atoms with Crippen molar-refractivity contribution in [2.45, 2.75) is 45.6 Å². The molecule has 114 valence electrons. The minimum absolute atomic E-state index is 0.179. The van der Waals surface area contributed by atoms with Crippen LogP contribution in [0.2, 0.25) is 0 Å². The van der Waals surface area contributed by atoms with Crippen molar-refractivity contribution >= 4 is 5.91 Å². The van der Waals surface area contributed by atoms with Crippen LogP contribution in [-0.4, -0.2) is 25.0 Å². The minimum atomic E-state index is 0.179. The summed E-state index contributed by atoms with van der Waals surface area (Å²) in [5.74, 6) is 1.79. The monoisotopic (exact) mass is 286 g/mol. The molecule has 1 unspecified atom stereocenters. The van der Waals surface area contributed by atoms with E-state index >= 15 is 0 Å². The van der Waals surface area contributed by atoms with Crippen LogP contribution in [0.1, 0.15) is 36.0 Å². The lowest BCUT2D eigenvalue weighted by atomic mass is 9.79. The van der Waals surface area contributed by atoms with E-state index in [4.69, 9.17) is 0 Å². The zero-order valence-corrected chi connectivity index (χ0v) is 13.1. The summed E-state index contributed by atoms with van der Waals surface area (Å²) in [5.41, 5.74) is 3.59. The van der Waals surface area contributed by atoms with Crippen LogP contribution in [0, 0.1) is 25.7 Å². The minimum Gasteiger partial charge on any atom is -0.353 e. The third kappa shape index (κ3) is 3.46. The molecule has 0 aromatic heterocycles. The summed E-state index contributed by atoms with van der Waals surface area (Å²) in [5, 5.41) is 6.74. The zero-order chi connectivity index (χ0) is 14.8. The highest BCUT2D eigenvalue weighted by Gasteiger charge is 2.34. The quantitative estimate of drug-likeness (QED) is 0.895. The molecule has 3 nitrogen and oxygen atoms in total. The van der Waals surface area contributed by atoms with Gasteiger partial charge in [0.15, 0.2) is 0 Å². The van der Waals surface area contributed by atoms with Crippen molar-refractivity contribution in [2.24, 2.45) is 11.8 Å². The summed E-state index contributed by atoms with van der Waals surface area (Å²) in [4.78, 5) is 12.3. The maximum Gasteiger partial charge on any atom is 0.224 e. The third-order valence-corrected chi connectivity index (χ3v) is 5.17. The van der Waals surface area contributed by atoms with Crippen LogP contribution >= 0.6 is 0 Å². The standard InChI is InChI=1S/C18H26N2O/c1-12-3-4-13(2)15(7-12)9-18(21)20-17-6-5-14-10-19-11-16(14)8-17/h3-4,7,14,16-17,19H,5-6,8-11H2,1-2H3,(H,20,21)/t14-,16+,17?/m0/s1. The molecule has 0 spiro atoms. The number of carbonyl (C=O) groups excluding carboxylic acids is 1. The summed E-state index contributed by atoms with van der Waals surface area (Å²) in [6.07, 6.45) is 4.06. The van der Waals surface area contributed by atoms with E-state index in [9.17, 15) is 4.79 Å². The van der Waals surface area contributed by atoms with Crippen LogP contribution < -0.4 is 10.6 Å². The lowest BCUT2D eigenvalue weighted by Crippen LogP contribution is -2.41. The normalized spacial score (nSPS) is 28.2. The van der Waals surface area contributed by atoms with Gasteiger partial charge in [0.05, 0.1) is 6.42 Å². The van der Waals surface area contributed by atoms with Crippen LogP contribution in [-0.2, 0) is 11.2 Å². The molecule has 0 bridgehead atoms. The Bertz CT molecular complexity index is 526. The molecule has 2 aliphatic rings. The second-order valence-electron chi connectivity index (χ2n) is 6.86. The van der Waals surface area contributed by atoms with E-state index in [1.54, 1.807) is 0 Å². The smallest absolute Gasteiger partial charge is 0.224 e. The Morgan fingerprint density at radius 2 is 2.05 bits per heavy atom. The topological polar surface area (TPSA) is 41.1 Å². The molecule has 1 saturated heterocycles. The Hall–Kier alpha value is -1.35. The van der Waals surface area contributed by atoms with Gasteiger partial charge in [0, 0.05) is 6.04 Å². The van der Waals surface area contributed by atoms with Gasteiger partial charge in [0.1, 0.15) is 0 Å². The maximum absolute atomic E-state index is 12.3. The molecule has 3 rings (SSSR count). The molecule has 1 saturated carbocycles. The van der Waals surface area contributed by atoms with Gasteiger partial charge in [-0.2, -0.15) is 0 Å². The molecule has 1 amide bonds. The Morgan fingerprint density at radius 1 is 1.24 bits per heavy atom. The van der Waals surface area contributed by atoms with Crippen molar-refractivity contribution in [2.75, 3.05) is 13.1 Å². The Labute approximate surface area is 127 Å². The Kier molecular flexibility index (Phi) is 4.29. The molecular formula is C18H26N2O. The molecular weight excluding hydrogens is 260 g/mol. The van der Waals surface area contributed by atoms with Gasteiger partial charge in [-0.05, 0) is 69.2 Å². The van der Waals surface area contributed by atoms with Crippen LogP contribution in [0.25, 0.3) is 0 Å². The van der Waals surface area contributed by atoms with E-state index in [2.05, 4.69) is 42.7 Å². The van der Waals surface area contributed by atoms with Gasteiger partial charge in [-0.1, -0.05) is 23.8 Å². The van der Waals surface area contributed by atoms with Gasteiger partial charge in [0.2, 0.25) is 5.91 Å². The van der Waals surface area contributed by atoms with Crippen molar-refractivity contribution in [3.8, 4) is 0 Å². The van der Waals surface area contributed by atoms with Crippen LogP contribution in [0.4, 0.5) is 0 Å². The molecule has 0 radical (unpaired) electrons. The second kappa shape index (κ2) is 6.18. The van der Waals surface area contributed by atoms with E-state index < -0.39 is 0 Å². The number of aryl methyl sites for hydroxylation is 2. The molecule has 3 heteroatoms. The van der Waals surface area contributed by atoms with E-state index in [1.807, 2.05) is 0 Å². The highest BCUT2D eigenvalue weighted by Crippen LogP contribution is 2.32. The van der Waals surface area contributed by atoms with Crippen molar-refractivity contribution in [3.05, 3.63) is 34.9 Å². The van der Waals surface area contributed by atoms with E-state index in [0.29, 0.717) is 12.5 Å². The number of amides is 1. The number of benzene rings is 1. The fourth-order valence-corrected chi connectivity index (χ4v) is 3.87. The first kappa shape index (κ1) is 14.6. The maximum atomic E-state index is 12.3. The molecule has 1 aromatic rings. The first-order valence-electron chi connectivity index (χ1n) is 8.18. The summed E-state index contributed by atoms with van der Waals surface area (Å²) in [7, 11) is 0. The fourth-order valence-electron chi connectivity index (χ4n) is 3.87. The average Bonchev–Trinajstić information content (AvgIpc) is 2.90. The van der Waals surface area contributed by atoms with Crippen LogP contribution in [0.5, 0.6) is 0 Å². The summed E-state index contributed by atoms with van der Waals surface area (Å²) in [6, 6.07) is 6.72. The predicted molar refractivity (Wildman–Crippen MR) is 85.3 cm³/mol. The van der Waals surface area contributed by atoms with Crippen molar-refractivity contribution < 1.29 is 4.79 Å². The summed E-state index contributed by atoms with van der Waals surface area (Å²) >= 11 is 0. The zero-order valence-electron chi connectivity index (χ0n) is 13.1. The van der Waals surface area contributed by atoms with Gasteiger partial charge in [0.25, 0.3) is 0 Å². The molecule has 1 aromatic carbocycles. The average molecular weight is 286 g/mol. The van der Waals surface area contributed by atoms with E-state index in [1.165, 1.54) is 24.1 Å². The molecule has 1 heterocycles. The molecule has 2 fully saturated rings. The number of hydrogen-bond donors (Lipinski definition) is 2. The van der Waals surface area contributed by atoms with Crippen molar-refractivity contribution in [1.82, 2.24) is 10.6 Å². The van der Waals surface area contributed by atoms with Crippen molar-refractivity contribution in [1.29, 1.82) is 0 Å². The highest BCUT2D eigenvalue weighted by atomic mass is 16.1. The SMILES string of the molecule is Cc1ccc(C)c(CC(=O)NC2CC[C@H]3CNC[C@H]3C2)c1. The number of fused-ring (bicyclic) bond motifs is 1. The van der Waals surface area contributed by atoms with Crippen LogP contribution in [0.3, 0.4) is 0 Å². The molecule has 1 aliphatic carbocycles. The largest absolute Gasteiger partial charge is 0.353 e. The fraction of sp³-hybridized carbons (Fsp3) is 0.611. The Balaban J connectivity index is 1.55. The van der Waals surface area contributed by atoms with E-state index in [-0.39, 0.29) is 5.91 Å². The number of carbonyl (C=O) groups is 1. The highest BCUT2D eigenvalue weighted by molar-refractivity contribution is 5.79. The van der Waals surface area contributed by atoms with Gasteiger partial charge in [-0.15, -0.1) is 0 Å². The van der Waals surface area contributed by atoms with Crippen LogP contribution in [0.15, 0.2) is 18.2 Å². The lowest BCUT2D eigenvalue weighted by Gasteiger charge is -2.31. The summed E-state index contributed by atoms with van der Waals surface area (Å²) in [6.45, 7) is 6.47. The molecule has 21 heavy (non-hydrogen) atoms. The second-order valence-corrected chi connectivity index (χ2v) is 6.86. The molecule has 3 atom stereocenters. The van der Waals surface area contributed by atoms with Gasteiger partial charge >= 0.3 is 0 Å². The summed E-state index contributed by atoms with van der Waals surface area (Å²) < 4.78 is 0. The Morgan fingerprint density at radius 3 is 2.90 bits per heavy atom. The van der Waals surface area contributed by atoms with Gasteiger partial charge < -0.3 is 10.6 Å². The molecule has 2 N–H and O–H groups in total. The van der Waals surface area contributed by atoms with Gasteiger partial charge in [-0.3, -0.25) is 4.79 Å². The van der Waals surface area contributed by atoms with E-state index in [0.717, 1.165) is 36.8 Å². The first-order chi connectivity index (χ1) is 10.1. The number of hydrogen-bond acceptors (Lipinski definition) is 2.